The number of carbonyl (C=O) groups is 1. The van der Waals surface area contributed by atoms with E-state index >= 15 is 0 Å². The average Bonchev–Trinajstić information content (AvgIpc) is 3.38. The van der Waals surface area contributed by atoms with E-state index in [0.29, 0.717) is 42.7 Å². The molecule has 1 aliphatic heterocycles. The van der Waals surface area contributed by atoms with Crippen LogP contribution >= 0.6 is 11.8 Å². The molecule has 180 valence electrons. The van der Waals surface area contributed by atoms with Crippen LogP contribution in [0, 0.1) is 0 Å². The number of hydrogen-bond acceptors (Lipinski definition) is 8. The Bertz CT molecular complexity index is 1390. The summed E-state index contributed by atoms with van der Waals surface area (Å²) in [5.41, 5.74) is 1.20. The molecule has 1 fully saturated rings. The zero-order valence-electron chi connectivity index (χ0n) is 19.3. The molecule has 1 aliphatic rings. The Labute approximate surface area is 206 Å². The van der Waals surface area contributed by atoms with Crippen LogP contribution < -0.4 is 5.56 Å². The van der Waals surface area contributed by atoms with Gasteiger partial charge >= 0.3 is 0 Å². The van der Waals surface area contributed by atoms with Crippen molar-refractivity contribution in [3.8, 4) is 11.6 Å². The van der Waals surface area contributed by atoms with E-state index in [1.54, 1.807) is 6.07 Å². The van der Waals surface area contributed by atoms with Gasteiger partial charge in [0.05, 0.1) is 30.4 Å². The Morgan fingerprint density at radius 1 is 1.09 bits per heavy atom. The van der Waals surface area contributed by atoms with Crippen molar-refractivity contribution in [2.45, 2.75) is 31.2 Å². The van der Waals surface area contributed by atoms with Gasteiger partial charge in [-0.1, -0.05) is 67.2 Å². The maximum Gasteiger partial charge on any atom is 0.277 e. The van der Waals surface area contributed by atoms with Crippen LogP contribution in [0.1, 0.15) is 18.9 Å². The van der Waals surface area contributed by atoms with Gasteiger partial charge in [0.15, 0.2) is 5.69 Å². The van der Waals surface area contributed by atoms with Crippen LogP contribution in [0.2, 0.25) is 0 Å². The Morgan fingerprint density at radius 3 is 2.66 bits per heavy atom. The van der Waals surface area contributed by atoms with Gasteiger partial charge in [-0.25, -0.2) is 4.68 Å². The predicted molar refractivity (Wildman–Crippen MR) is 132 cm³/mol. The van der Waals surface area contributed by atoms with Crippen molar-refractivity contribution in [3.63, 3.8) is 0 Å². The first-order chi connectivity index (χ1) is 17.1. The molecule has 10 heteroatoms. The molecule has 0 bridgehead atoms. The van der Waals surface area contributed by atoms with E-state index < -0.39 is 0 Å². The minimum Gasteiger partial charge on any atom is -0.409 e. The van der Waals surface area contributed by atoms with Crippen molar-refractivity contribution in [2.75, 3.05) is 25.4 Å². The molecule has 0 radical (unpaired) electrons. The number of benzene rings is 2. The smallest absolute Gasteiger partial charge is 0.277 e. The molecule has 2 aromatic heterocycles. The van der Waals surface area contributed by atoms with Gasteiger partial charge in [0.25, 0.3) is 16.7 Å². The minimum atomic E-state index is -0.191. The highest BCUT2D eigenvalue weighted by atomic mass is 32.2. The Kier molecular flexibility index (Phi) is 6.91. The number of amides is 1. The zero-order chi connectivity index (χ0) is 24.2. The summed E-state index contributed by atoms with van der Waals surface area (Å²) in [5, 5.41) is 14.3. The summed E-state index contributed by atoms with van der Waals surface area (Å²) in [4.78, 5) is 27.5. The molecule has 3 heterocycles. The van der Waals surface area contributed by atoms with Crippen LogP contribution in [0.4, 0.5) is 0 Å². The van der Waals surface area contributed by atoms with Gasteiger partial charge in [-0.2, -0.15) is 5.10 Å². The summed E-state index contributed by atoms with van der Waals surface area (Å²) >= 11 is 1.19. The van der Waals surface area contributed by atoms with Crippen molar-refractivity contribution in [3.05, 3.63) is 70.5 Å². The number of fused-ring (bicyclic) bond motifs is 1. The maximum atomic E-state index is 13.1. The molecule has 9 nitrogen and oxygen atoms in total. The lowest BCUT2D eigenvalue weighted by molar-refractivity contribution is -0.135. The van der Waals surface area contributed by atoms with E-state index in [-0.39, 0.29) is 34.4 Å². The van der Waals surface area contributed by atoms with E-state index in [0.717, 1.165) is 12.0 Å². The minimum absolute atomic E-state index is 0.0106. The average molecular weight is 492 g/mol. The number of rotatable bonds is 7. The Morgan fingerprint density at radius 2 is 1.86 bits per heavy atom. The third-order valence-corrected chi connectivity index (χ3v) is 6.72. The molecule has 0 aliphatic carbocycles. The number of thioether (sulfide) groups is 1. The highest BCUT2D eigenvalue weighted by molar-refractivity contribution is 7.99. The van der Waals surface area contributed by atoms with Crippen molar-refractivity contribution >= 4 is 28.4 Å². The van der Waals surface area contributed by atoms with Crippen LogP contribution in [0.25, 0.3) is 22.4 Å². The van der Waals surface area contributed by atoms with Gasteiger partial charge in [0.2, 0.25) is 5.91 Å². The lowest BCUT2D eigenvalue weighted by atomic mass is 10.1. The van der Waals surface area contributed by atoms with Gasteiger partial charge in [0.1, 0.15) is 0 Å². The fourth-order valence-electron chi connectivity index (χ4n) is 4.03. The second-order valence-corrected chi connectivity index (χ2v) is 9.17. The molecule has 2 aromatic carbocycles. The van der Waals surface area contributed by atoms with Crippen molar-refractivity contribution < 1.29 is 13.9 Å². The fraction of sp³-hybridized carbons (Fsp3) is 0.320. The van der Waals surface area contributed by atoms with Crippen molar-refractivity contribution in [1.29, 1.82) is 0 Å². The molecule has 1 unspecified atom stereocenters. The number of carbonyl (C=O) groups excluding carboxylic acids is 1. The normalized spacial score (nSPS) is 16.0. The third kappa shape index (κ3) is 5.13. The molecule has 1 amide bonds. The predicted octanol–water partition coefficient (Wildman–Crippen LogP) is 3.22. The Hall–Kier alpha value is -3.50. The molecule has 1 atom stereocenters. The number of aromatic nitrogens is 4. The monoisotopic (exact) mass is 491 g/mol. The molecular weight excluding hydrogens is 466 g/mol. The van der Waals surface area contributed by atoms with Crippen molar-refractivity contribution in [1.82, 2.24) is 24.9 Å². The van der Waals surface area contributed by atoms with Gasteiger partial charge < -0.3 is 14.1 Å². The summed E-state index contributed by atoms with van der Waals surface area (Å²) in [6.45, 7) is 4.11. The second kappa shape index (κ2) is 10.4. The largest absolute Gasteiger partial charge is 0.409 e. The summed E-state index contributed by atoms with van der Waals surface area (Å²) in [6.07, 6.45) is 0.954. The SMILES string of the molecule is CCC1CN(C(=O)CSc2nnc(-c3nn(Cc4ccccc4)c(=O)c4ccccc34)o2)CCO1. The number of ether oxygens (including phenoxy) is 1. The first kappa shape index (κ1) is 23.3. The highest BCUT2D eigenvalue weighted by Crippen LogP contribution is 2.27. The van der Waals surface area contributed by atoms with Crippen LogP contribution in [0.3, 0.4) is 0 Å². The fourth-order valence-corrected chi connectivity index (χ4v) is 4.69. The number of nitrogens with zero attached hydrogens (tertiary/aromatic N) is 5. The zero-order valence-corrected chi connectivity index (χ0v) is 20.1. The van der Waals surface area contributed by atoms with Gasteiger partial charge in [-0.3, -0.25) is 9.59 Å². The van der Waals surface area contributed by atoms with E-state index in [4.69, 9.17) is 9.15 Å². The summed E-state index contributed by atoms with van der Waals surface area (Å²) in [5.74, 6) is 0.409. The molecule has 35 heavy (non-hydrogen) atoms. The second-order valence-electron chi connectivity index (χ2n) is 8.25. The standard InChI is InChI=1S/C25H25N5O4S/c1-2-18-15-29(12-13-33-18)21(31)16-35-25-27-26-23(34-25)22-19-10-6-7-11-20(19)24(32)30(28-22)14-17-8-4-3-5-9-17/h3-11,18H,2,12-16H2,1H3. The van der Waals surface area contributed by atoms with E-state index in [9.17, 15) is 9.59 Å². The van der Waals surface area contributed by atoms with Crippen LogP contribution in [-0.4, -0.2) is 62.3 Å². The van der Waals surface area contributed by atoms with Crippen LogP contribution in [0.5, 0.6) is 0 Å². The molecule has 5 rings (SSSR count). The third-order valence-electron chi connectivity index (χ3n) is 5.92. The number of hydrogen-bond donors (Lipinski definition) is 0. The number of morpholine rings is 1. The lowest BCUT2D eigenvalue weighted by Crippen LogP contribution is -2.46. The summed E-state index contributed by atoms with van der Waals surface area (Å²) < 4.78 is 12.9. The van der Waals surface area contributed by atoms with Gasteiger partial charge in [-0.15, -0.1) is 10.2 Å². The van der Waals surface area contributed by atoms with E-state index in [2.05, 4.69) is 15.3 Å². The molecule has 0 N–H and O–H groups in total. The first-order valence-corrected chi connectivity index (χ1v) is 12.5. The lowest BCUT2D eigenvalue weighted by Gasteiger charge is -2.32. The molecule has 4 aromatic rings. The quantitative estimate of drug-likeness (QED) is 0.363. The molecule has 1 saturated heterocycles. The topological polar surface area (TPSA) is 103 Å². The summed E-state index contributed by atoms with van der Waals surface area (Å²) in [6, 6.07) is 16.9. The summed E-state index contributed by atoms with van der Waals surface area (Å²) in [7, 11) is 0. The van der Waals surface area contributed by atoms with Crippen molar-refractivity contribution in [2.24, 2.45) is 0 Å². The molecular formula is C25H25N5O4S. The highest BCUT2D eigenvalue weighted by Gasteiger charge is 2.24. The van der Waals surface area contributed by atoms with Crippen LogP contribution in [0.15, 0.2) is 69.0 Å². The Balaban J connectivity index is 1.38. The van der Waals surface area contributed by atoms with Crippen LogP contribution in [-0.2, 0) is 16.1 Å². The van der Waals surface area contributed by atoms with Gasteiger partial charge in [0, 0.05) is 18.5 Å². The van der Waals surface area contributed by atoms with Gasteiger partial charge in [-0.05, 0) is 18.1 Å². The maximum absolute atomic E-state index is 13.1. The molecule has 0 saturated carbocycles. The molecule has 0 spiro atoms. The van der Waals surface area contributed by atoms with E-state index in [1.807, 2.05) is 60.4 Å². The first-order valence-electron chi connectivity index (χ1n) is 11.5. The van der Waals surface area contributed by atoms with E-state index in [1.165, 1.54) is 16.4 Å².